The first-order valence-electron chi connectivity index (χ1n) is 8.52. The minimum absolute atomic E-state index is 0.000774. The molecule has 3 heterocycles. The highest BCUT2D eigenvalue weighted by molar-refractivity contribution is 5.92. The van der Waals surface area contributed by atoms with Gasteiger partial charge in [0, 0.05) is 25.1 Å². The van der Waals surface area contributed by atoms with E-state index in [1.807, 2.05) is 17.0 Å². The van der Waals surface area contributed by atoms with E-state index in [9.17, 15) is 4.79 Å². The van der Waals surface area contributed by atoms with Gasteiger partial charge in [-0.1, -0.05) is 0 Å². The number of carbonyl (C=O) groups is 1. The molecular formula is C18H20N4O3. The first-order chi connectivity index (χ1) is 12.3. The Labute approximate surface area is 146 Å². The van der Waals surface area contributed by atoms with E-state index in [1.165, 1.54) is 6.33 Å². The van der Waals surface area contributed by atoms with Crippen molar-refractivity contribution >= 4 is 5.91 Å². The molecule has 130 valence electrons. The number of ether oxygens (including phenoxy) is 2. The first-order valence-corrected chi connectivity index (χ1v) is 8.52. The Morgan fingerprint density at radius 3 is 2.84 bits per heavy atom. The molecule has 1 amide bonds. The third kappa shape index (κ3) is 3.38. The summed E-state index contributed by atoms with van der Waals surface area (Å²) in [6.07, 6.45) is 8.19. The smallest absolute Gasteiger partial charge is 0.272 e. The molecule has 0 unspecified atom stereocenters. The molecule has 2 aromatic heterocycles. The number of rotatable bonds is 4. The zero-order valence-corrected chi connectivity index (χ0v) is 13.8. The van der Waals surface area contributed by atoms with Gasteiger partial charge in [-0.3, -0.25) is 9.78 Å². The lowest BCUT2D eigenvalue weighted by Crippen LogP contribution is -2.54. The van der Waals surface area contributed by atoms with Crippen LogP contribution in [0.3, 0.4) is 0 Å². The molecule has 0 radical (unpaired) electrons. The molecule has 4 rings (SSSR count). The van der Waals surface area contributed by atoms with Gasteiger partial charge in [0.15, 0.2) is 0 Å². The van der Waals surface area contributed by atoms with Gasteiger partial charge in [0.05, 0.1) is 25.4 Å². The van der Waals surface area contributed by atoms with E-state index in [4.69, 9.17) is 9.47 Å². The van der Waals surface area contributed by atoms with Gasteiger partial charge in [0.25, 0.3) is 5.91 Å². The summed E-state index contributed by atoms with van der Waals surface area (Å²) < 4.78 is 12.0. The number of aromatic nitrogens is 3. The third-order valence-electron chi connectivity index (χ3n) is 4.81. The number of morpholine rings is 1. The maximum Gasteiger partial charge on any atom is 0.272 e. The summed E-state index contributed by atoms with van der Waals surface area (Å²) in [4.78, 5) is 26.6. The monoisotopic (exact) mass is 340 g/mol. The molecule has 1 saturated carbocycles. The van der Waals surface area contributed by atoms with Crippen LogP contribution in [0.15, 0.2) is 43.1 Å². The van der Waals surface area contributed by atoms with Crippen LogP contribution in [0, 0.1) is 0 Å². The van der Waals surface area contributed by atoms with Gasteiger partial charge in [-0.05, 0) is 36.6 Å². The van der Waals surface area contributed by atoms with Gasteiger partial charge >= 0.3 is 0 Å². The molecule has 7 nitrogen and oxygen atoms in total. The second-order valence-corrected chi connectivity index (χ2v) is 6.28. The van der Waals surface area contributed by atoms with Crippen molar-refractivity contribution in [1.29, 1.82) is 0 Å². The normalized spacial score (nSPS) is 25.6. The van der Waals surface area contributed by atoms with Crippen molar-refractivity contribution in [3.8, 4) is 0 Å². The molecule has 2 aliphatic rings. The fraction of sp³-hybridized carbons (Fsp3) is 0.444. The summed E-state index contributed by atoms with van der Waals surface area (Å²) in [6, 6.07) is 5.58. The van der Waals surface area contributed by atoms with E-state index in [-0.39, 0.29) is 24.2 Å². The van der Waals surface area contributed by atoms with Gasteiger partial charge in [0.2, 0.25) is 0 Å². The molecule has 2 aromatic rings. The van der Waals surface area contributed by atoms with Gasteiger partial charge in [-0.15, -0.1) is 0 Å². The Hall–Kier alpha value is -2.38. The third-order valence-corrected chi connectivity index (χ3v) is 4.81. The molecule has 25 heavy (non-hydrogen) atoms. The largest absolute Gasteiger partial charge is 0.372 e. The maximum absolute atomic E-state index is 12.8. The molecule has 2 fully saturated rings. The minimum Gasteiger partial charge on any atom is -0.372 e. The van der Waals surface area contributed by atoms with Crippen molar-refractivity contribution in [3.05, 3.63) is 54.4 Å². The van der Waals surface area contributed by atoms with E-state index < -0.39 is 0 Å². The number of fused-ring (bicyclic) bond motifs is 1. The molecular weight excluding hydrogens is 320 g/mol. The quantitative estimate of drug-likeness (QED) is 0.839. The van der Waals surface area contributed by atoms with Gasteiger partial charge in [-0.25, -0.2) is 9.97 Å². The van der Waals surface area contributed by atoms with Gasteiger partial charge in [-0.2, -0.15) is 0 Å². The molecule has 1 aliphatic heterocycles. The van der Waals surface area contributed by atoms with Crippen molar-refractivity contribution in [2.24, 2.45) is 0 Å². The minimum atomic E-state index is -0.0821. The summed E-state index contributed by atoms with van der Waals surface area (Å²) in [5.74, 6) is -0.0597. The predicted octanol–water partition coefficient (Wildman–Crippen LogP) is 1.46. The van der Waals surface area contributed by atoms with Crippen molar-refractivity contribution in [3.63, 3.8) is 0 Å². The summed E-state index contributed by atoms with van der Waals surface area (Å²) in [5, 5.41) is 0. The SMILES string of the molecule is O=C(c1ccncn1)N1CCO[C@H]2[C@@H](OCc3ccncc3)CC[C@@H]21. The highest BCUT2D eigenvalue weighted by Crippen LogP contribution is 2.33. The standard InChI is InChI=1S/C18H20N4O3/c23-18(14-5-8-20-12-21-14)22-9-10-24-17-15(22)1-2-16(17)25-11-13-3-6-19-7-4-13/h3-8,12,15-17H,1-2,9-11H2/t15-,16-,17+/m0/s1. The molecule has 0 bridgehead atoms. The zero-order valence-electron chi connectivity index (χ0n) is 13.8. The van der Waals surface area contributed by atoms with Gasteiger partial charge in [0.1, 0.15) is 18.1 Å². The Balaban J connectivity index is 1.42. The summed E-state index contributed by atoms with van der Waals surface area (Å²) in [7, 11) is 0. The summed E-state index contributed by atoms with van der Waals surface area (Å²) >= 11 is 0. The van der Waals surface area contributed by atoms with Crippen LogP contribution in [-0.2, 0) is 16.1 Å². The zero-order chi connectivity index (χ0) is 17.1. The van der Waals surface area contributed by atoms with Crippen molar-refractivity contribution < 1.29 is 14.3 Å². The summed E-state index contributed by atoms with van der Waals surface area (Å²) in [6.45, 7) is 1.63. The molecule has 1 aliphatic carbocycles. The maximum atomic E-state index is 12.8. The topological polar surface area (TPSA) is 77.4 Å². The van der Waals surface area contributed by atoms with E-state index in [0.717, 1.165) is 18.4 Å². The number of hydrogen-bond donors (Lipinski definition) is 0. The van der Waals surface area contributed by atoms with Crippen LogP contribution in [0.5, 0.6) is 0 Å². The van der Waals surface area contributed by atoms with Crippen LogP contribution in [0.25, 0.3) is 0 Å². The number of hydrogen-bond acceptors (Lipinski definition) is 6. The molecule has 0 aromatic carbocycles. The average Bonchev–Trinajstić information content (AvgIpc) is 3.10. The number of amides is 1. The highest BCUT2D eigenvalue weighted by Gasteiger charge is 2.45. The fourth-order valence-corrected chi connectivity index (χ4v) is 3.59. The number of pyridine rings is 1. The second-order valence-electron chi connectivity index (χ2n) is 6.28. The van der Waals surface area contributed by atoms with Crippen molar-refractivity contribution in [1.82, 2.24) is 19.9 Å². The van der Waals surface area contributed by atoms with Crippen molar-refractivity contribution in [2.75, 3.05) is 13.2 Å². The number of nitrogens with zero attached hydrogens (tertiary/aromatic N) is 4. The lowest BCUT2D eigenvalue weighted by atomic mass is 10.1. The second kappa shape index (κ2) is 7.25. The molecule has 0 N–H and O–H groups in total. The van der Waals surface area contributed by atoms with Crippen molar-refractivity contribution in [2.45, 2.75) is 37.7 Å². The number of carbonyl (C=O) groups excluding carboxylic acids is 1. The molecule has 1 saturated heterocycles. The average molecular weight is 340 g/mol. The molecule has 7 heteroatoms. The summed E-state index contributed by atoms with van der Waals surface area (Å²) in [5.41, 5.74) is 1.51. The van der Waals surface area contributed by atoms with E-state index >= 15 is 0 Å². The van der Waals surface area contributed by atoms with E-state index in [0.29, 0.717) is 25.5 Å². The van der Waals surface area contributed by atoms with Crippen LogP contribution >= 0.6 is 0 Å². The van der Waals surface area contributed by atoms with Crippen LogP contribution in [0.4, 0.5) is 0 Å². The fourth-order valence-electron chi connectivity index (χ4n) is 3.59. The van der Waals surface area contributed by atoms with Crippen LogP contribution < -0.4 is 0 Å². The van der Waals surface area contributed by atoms with E-state index in [2.05, 4.69) is 15.0 Å². The molecule has 3 atom stereocenters. The lowest BCUT2D eigenvalue weighted by molar-refractivity contribution is -0.108. The highest BCUT2D eigenvalue weighted by atomic mass is 16.5. The Kier molecular flexibility index (Phi) is 4.67. The Bertz CT molecular complexity index is 713. The first kappa shape index (κ1) is 16.1. The lowest BCUT2D eigenvalue weighted by Gasteiger charge is -2.38. The predicted molar refractivity (Wildman–Crippen MR) is 88.6 cm³/mol. The van der Waals surface area contributed by atoms with Gasteiger partial charge < -0.3 is 14.4 Å². The van der Waals surface area contributed by atoms with Crippen LogP contribution in [-0.4, -0.2) is 57.2 Å². The molecule has 0 spiro atoms. The van der Waals surface area contributed by atoms with Crippen LogP contribution in [0.1, 0.15) is 28.9 Å². The van der Waals surface area contributed by atoms with Crippen LogP contribution in [0.2, 0.25) is 0 Å². The Morgan fingerprint density at radius 1 is 1.20 bits per heavy atom. The Morgan fingerprint density at radius 2 is 2.04 bits per heavy atom. The van der Waals surface area contributed by atoms with E-state index in [1.54, 1.807) is 24.7 Å².